The van der Waals surface area contributed by atoms with E-state index in [-0.39, 0.29) is 17.0 Å². The number of nitrogens with zero attached hydrogens (tertiary/aromatic N) is 3. The van der Waals surface area contributed by atoms with Crippen molar-refractivity contribution in [3.05, 3.63) is 18.2 Å². The number of hydrogen-bond donors (Lipinski definition) is 1. The molecule has 1 aromatic heterocycles. The third-order valence-electron chi connectivity index (χ3n) is 5.05. The van der Waals surface area contributed by atoms with E-state index in [1.165, 1.54) is 96.1 Å². The van der Waals surface area contributed by atoms with Crippen molar-refractivity contribution in [1.82, 2.24) is 4.57 Å². The Kier molecular flexibility index (Phi) is 17.0. The van der Waals surface area contributed by atoms with Gasteiger partial charge in [-0.25, -0.2) is 9.13 Å². The molecule has 152 valence electrons. The van der Waals surface area contributed by atoms with E-state index in [1.54, 1.807) is 0 Å². The van der Waals surface area contributed by atoms with Crippen LogP contribution in [0.4, 0.5) is 0 Å². The molecule has 0 amide bonds. The van der Waals surface area contributed by atoms with Crippen LogP contribution in [0.1, 0.15) is 103 Å². The first-order chi connectivity index (χ1) is 12.3. The minimum Gasteiger partial charge on any atom is -1.00 e. The number of halogens is 1. The highest BCUT2D eigenvalue weighted by Gasteiger charge is 2.11. The molecule has 4 nitrogen and oxygen atoms in total. The maximum atomic E-state index is 8.72. The molecule has 0 aliphatic heterocycles. The van der Waals surface area contributed by atoms with Crippen LogP contribution in [0.3, 0.4) is 0 Å². The van der Waals surface area contributed by atoms with Crippen LogP contribution in [0.5, 0.6) is 0 Å². The maximum absolute atomic E-state index is 8.72. The Balaban J connectivity index is 0.00000625. The van der Waals surface area contributed by atoms with Gasteiger partial charge in [-0.2, -0.15) is 0 Å². The Labute approximate surface area is 171 Å². The van der Waals surface area contributed by atoms with Crippen LogP contribution in [0, 0.1) is 0 Å². The average molecular weight is 430 g/mol. The van der Waals surface area contributed by atoms with Crippen molar-refractivity contribution >= 4 is 6.21 Å². The van der Waals surface area contributed by atoms with Crippen molar-refractivity contribution in [3.8, 4) is 0 Å². The van der Waals surface area contributed by atoms with E-state index in [2.05, 4.69) is 22.8 Å². The molecule has 0 radical (unpaired) electrons. The summed E-state index contributed by atoms with van der Waals surface area (Å²) >= 11 is 0. The fourth-order valence-electron chi connectivity index (χ4n) is 3.42. The molecule has 0 fully saturated rings. The molecule has 0 aliphatic carbocycles. The third kappa shape index (κ3) is 11.7. The minimum atomic E-state index is 0. The Bertz CT molecular complexity index is 460. The summed E-state index contributed by atoms with van der Waals surface area (Å²) in [6, 6.07) is 0. The smallest absolute Gasteiger partial charge is 0.303 e. The predicted molar refractivity (Wildman–Crippen MR) is 105 cm³/mol. The summed E-state index contributed by atoms with van der Waals surface area (Å²) in [5.41, 5.74) is 0. The van der Waals surface area contributed by atoms with E-state index in [0.29, 0.717) is 0 Å². The molecule has 0 bridgehead atoms. The highest BCUT2D eigenvalue weighted by molar-refractivity contribution is 5.72. The monoisotopic (exact) mass is 429 g/mol. The molecule has 0 saturated carbocycles. The zero-order valence-corrected chi connectivity index (χ0v) is 18.6. The number of rotatable bonds is 16. The van der Waals surface area contributed by atoms with Crippen LogP contribution >= 0.6 is 0 Å². The van der Waals surface area contributed by atoms with E-state index >= 15 is 0 Å². The molecular weight excluding hydrogens is 390 g/mol. The first-order valence-electron chi connectivity index (χ1n) is 10.5. The van der Waals surface area contributed by atoms with Gasteiger partial charge < -0.3 is 22.2 Å². The Morgan fingerprint density at radius 2 is 1.35 bits per heavy atom. The van der Waals surface area contributed by atoms with Crippen LogP contribution in [0.2, 0.25) is 0 Å². The van der Waals surface area contributed by atoms with Crippen molar-refractivity contribution < 1.29 is 26.8 Å². The summed E-state index contributed by atoms with van der Waals surface area (Å²) in [7, 11) is 1.97. The van der Waals surface area contributed by atoms with E-state index in [9.17, 15) is 0 Å². The molecule has 1 N–H and O–H groups in total. The Morgan fingerprint density at radius 1 is 0.885 bits per heavy atom. The van der Waals surface area contributed by atoms with E-state index < -0.39 is 0 Å². The Morgan fingerprint density at radius 3 is 1.81 bits per heavy atom. The normalized spacial score (nSPS) is 11.2. The van der Waals surface area contributed by atoms with Gasteiger partial charge in [0.05, 0.1) is 13.6 Å². The minimum absolute atomic E-state index is 0. The molecule has 1 rings (SSSR count). The molecular formula is C21H40BrN3O. The zero-order valence-electron chi connectivity index (χ0n) is 17.0. The highest BCUT2D eigenvalue weighted by atomic mass is 79.9. The van der Waals surface area contributed by atoms with Gasteiger partial charge in [-0.1, -0.05) is 89.1 Å². The summed E-state index contributed by atoms with van der Waals surface area (Å²) < 4.78 is 4.13. The zero-order chi connectivity index (χ0) is 18.2. The van der Waals surface area contributed by atoms with Crippen LogP contribution in [0.15, 0.2) is 17.5 Å². The number of imidazole rings is 1. The molecule has 0 saturated heterocycles. The lowest BCUT2D eigenvalue weighted by Crippen LogP contribution is -3.00. The number of aromatic nitrogens is 2. The van der Waals surface area contributed by atoms with Crippen molar-refractivity contribution in [1.29, 1.82) is 0 Å². The molecule has 26 heavy (non-hydrogen) atoms. The van der Waals surface area contributed by atoms with E-state index in [0.717, 1.165) is 12.4 Å². The summed E-state index contributed by atoms with van der Waals surface area (Å²) in [6.45, 7) is 3.28. The average Bonchev–Trinajstić information content (AvgIpc) is 2.96. The SMILES string of the molecule is CCCCCCCCCCCCCCCCn1cc[n+](C)c1C=NO.[Br-]. The molecule has 0 aromatic carbocycles. The first kappa shape index (κ1) is 25.2. The van der Waals surface area contributed by atoms with Crippen molar-refractivity contribution in [3.63, 3.8) is 0 Å². The van der Waals surface area contributed by atoms with Crippen LogP contribution in [0.25, 0.3) is 0 Å². The second-order valence-electron chi connectivity index (χ2n) is 7.30. The largest absolute Gasteiger partial charge is 1.00 e. The van der Waals surface area contributed by atoms with Gasteiger partial charge in [0.2, 0.25) is 0 Å². The van der Waals surface area contributed by atoms with Crippen LogP contribution in [-0.2, 0) is 13.6 Å². The van der Waals surface area contributed by atoms with Gasteiger partial charge in [0.15, 0.2) is 6.21 Å². The van der Waals surface area contributed by atoms with Gasteiger partial charge in [-0.05, 0) is 12.8 Å². The van der Waals surface area contributed by atoms with Gasteiger partial charge in [-0.3, -0.25) is 0 Å². The fraction of sp³-hybridized carbons (Fsp3) is 0.810. The van der Waals surface area contributed by atoms with Crippen molar-refractivity contribution in [2.24, 2.45) is 12.2 Å². The summed E-state index contributed by atoms with van der Waals surface area (Å²) in [5.74, 6) is 0.942. The molecule has 5 heteroatoms. The summed E-state index contributed by atoms with van der Waals surface area (Å²) in [5, 5.41) is 11.9. The van der Waals surface area contributed by atoms with Gasteiger partial charge >= 0.3 is 5.82 Å². The molecule has 0 unspecified atom stereocenters. The molecule has 0 spiro atoms. The lowest BCUT2D eigenvalue weighted by Gasteiger charge is -2.03. The number of unbranched alkanes of at least 4 members (excludes halogenated alkanes) is 13. The van der Waals surface area contributed by atoms with Gasteiger partial charge in [0.1, 0.15) is 12.4 Å². The fourth-order valence-corrected chi connectivity index (χ4v) is 3.42. The summed E-state index contributed by atoms with van der Waals surface area (Å²) in [6.07, 6.45) is 25.0. The second kappa shape index (κ2) is 17.6. The first-order valence-corrected chi connectivity index (χ1v) is 10.5. The maximum Gasteiger partial charge on any atom is 0.303 e. The lowest BCUT2D eigenvalue weighted by atomic mass is 10.0. The van der Waals surface area contributed by atoms with Crippen LogP contribution in [-0.4, -0.2) is 16.0 Å². The van der Waals surface area contributed by atoms with Gasteiger partial charge in [0.25, 0.3) is 0 Å². The highest BCUT2D eigenvalue weighted by Crippen LogP contribution is 2.13. The third-order valence-corrected chi connectivity index (χ3v) is 5.05. The molecule has 0 aliphatic rings. The topological polar surface area (TPSA) is 41.4 Å². The quantitative estimate of drug-likeness (QED) is 0.142. The second-order valence-corrected chi connectivity index (χ2v) is 7.30. The molecule has 1 aromatic rings. The van der Waals surface area contributed by atoms with Crippen molar-refractivity contribution in [2.45, 2.75) is 103 Å². The predicted octanol–water partition coefficient (Wildman–Crippen LogP) is 2.61. The summed E-state index contributed by atoms with van der Waals surface area (Å²) in [4.78, 5) is 0. The van der Waals surface area contributed by atoms with E-state index in [1.807, 2.05) is 17.8 Å². The molecule has 0 atom stereocenters. The van der Waals surface area contributed by atoms with Gasteiger partial charge in [-0.15, -0.1) is 0 Å². The Hall–Kier alpha value is -0.840. The van der Waals surface area contributed by atoms with Crippen molar-refractivity contribution in [2.75, 3.05) is 0 Å². The van der Waals surface area contributed by atoms with E-state index in [4.69, 9.17) is 5.21 Å². The molecule has 1 heterocycles. The number of hydrogen-bond acceptors (Lipinski definition) is 2. The number of aryl methyl sites for hydroxylation is 2. The van der Waals surface area contributed by atoms with Crippen LogP contribution < -0.4 is 21.5 Å². The standard InChI is InChI=1S/C21H39N3O.BrH/c1-3-4-5-6-7-8-9-10-11-12-13-14-15-16-17-24-19-18-23(2)21(24)20-22-25;/h18-20H,3-17H2,1-2H3;1H. The lowest BCUT2D eigenvalue weighted by molar-refractivity contribution is -0.671. The van der Waals surface area contributed by atoms with Gasteiger partial charge in [0, 0.05) is 0 Å². The number of oxime groups is 1.